The minimum Gasteiger partial charge on any atom is -0.0955 e. The van der Waals surface area contributed by atoms with Crippen LogP contribution in [0, 0.1) is 17.8 Å². The van der Waals surface area contributed by atoms with Gasteiger partial charge in [-0.15, -0.1) is 0 Å². The van der Waals surface area contributed by atoms with Crippen LogP contribution in [0.3, 0.4) is 0 Å². The minimum atomic E-state index is 0.283. The molecule has 96 valence electrons. The van der Waals surface area contributed by atoms with Gasteiger partial charge in [-0.1, -0.05) is 69.7 Å². The number of aryl methyl sites for hydroxylation is 1. The van der Waals surface area contributed by atoms with Crippen LogP contribution in [0.25, 0.3) is 5.57 Å². The second-order valence-electron chi connectivity index (χ2n) is 6.65. The van der Waals surface area contributed by atoms with Crippen molar-refractivity contribution in [1.82, 2.24) is 0 Å². The first-order valence-corrected chi connectivity index (χ1v) is 6.67. The Morgan fingerprint density at radius 1 is 1.06 bits per heavy atom. The molecule has 0 nitrogen and oxygen atoms in total. The monoisotopic (exact) mass is 240 g/mol. The molecule has 1 saturated carbocycles. The van der Waals surface area contributed by atoms with Crippen LogP contribution in [0.2, 0.25) is 0 Å². The van der Waals surface area contributed by atoms with E-state index >= 15 is 0 Å². The largest absolute Gasteiger partial charge is 0.0955 e. The SMILES string of the molecule is C=C(C)C(=C1C(C)(C)C1(C)C)c1cccc(C)c1. The van der Waals surface area contributed by atoms with Crippen molar-refractivity contribution in [3.8, 4) is 0 Å². The molecule has 0 radical (unpaired) electrons. The van der Waals surface area contributed by atoms with Crippen molar-refractivity contribution in [1.29, 1.82) is 0 Å². The van der Waals surface area contributed by atoms with E-state index in [0.29, 0.717) is 0 Å². The summed E-state index contributed by atoms with van der Waals surface area (Å²) in [6, 6.07) is 8.75. The maximum atomic E-state index is 4.20. The van der Waals surface area contributed by atoms with E-state index in [4.69, 9.17) is 0 Å². The molecule has 0 N–H and O–H groups in total. The van der Waals surface area contributed by atoms with Crippen molar-refractivity contribution < 1.29 is 0 Å². The van der Waals surface area contributed by atoms with E-state index in [9.17, 15) is 0 Å². The molecule has 1 aromatic rings. The summed E-state index contributed by atoms with van der Waals surface area (Å²) in [7, 11) is 0. The summed E-state index contributed by atoms with van der Waals surface area (Å²) in [6.45, 7) is 17.8. The molecule has 2 rings (SSSR count). The van der Waals surface area contributed by atoms with Gasteiger partial charge in [0.2, 0.25) is 0 Å². The molecule has 0 bridgehead atoms. The van der Waals surface area contributed by atoms with Gasteiger partial charge in [0, 0.05) is 0 Å². The summed E-state index contributed by atoms with van der Waals surface area (Å²) in [4.78, 5) is 0. The van der Waals surface area contributed by atoms with Gasteiger partial charge in [0.1, 0.15) is 0 Å². The number of rotatable bonds is 2. The second-order valence-corrected chi connectivity index (χ2v) is 6.65. The summed E-state index contributed by atoms with van der Waals surface area (Å²) in [5.74, 6) is 0. The van der Waals surface area contributed by atoms with Gasteiger partial charge in [0.15, 0.2) is 0 Å². The van der Waals surface area contributed by atoms with Crippen LogP contribution in [-0.4, -0.2) is 0 Å². The molecule has 0 aliphatic heterocycles. The normalized spacial score (nSPS) is 19.6. The predicted octanol–water partition coefficient (Wildman–Crippen LogP) is 5.39. The van der Waals surface area contributed by atoms with Gasteiger partial charge < -0.3 is 0 Å². The van der Waals surface area contributed by atoms with Crippen molar-refractivity contribution in [3.63, 3.8) is 0 Å². The molecule has 1 fully saturated rings. The number of allylic oxidation sites excluding steroid dienone is 3. The van der Waals surface area contributed by atoms with Gasteiger partial charge in [-0.3, -0.25) is 0 Å². The predicted molar refractivity (Wildman–Crippen MR) is 80.5 cm³/mol. The number of hydrogen-bond acceptors (Lipinski definition) is 0. The molecule has 0 heterocycles. The lowest BCUT2D eigenvalue weighted by molar-refractivity contribution is 0.457. The Labute approximate surface area is 111 Å². The highest BCUT2D eigenvalue weighted by molar-refractivity contribution is 5.85. The second kappa shape index (κ2) is 3.85. The van der Waals surface area contributed by atoms with E-state index in [1.807, 2.05) is 0 Å². The minimum absolute atomic E-state index is 0.283. The molecular weight excluding hydrogens is 216 g/mol. The maximum Gasteiger partial charge on any atom is -0.00408 e. The topological polar surface area (TPSA) is 0 Å². The summed E-state index contributed by atoms with van der Waals surface area (Å²) in [6.07, 6.45) is 0. The summed E-state index contributed by atoms with van der Waals surface area (Å²) in [5, 5.41) is 0. The third-order valence-electron chi connectivity index (χ3n) is 4.73. The average Bonchev–Trinajstić information content (AvgIpc) is 2.61. The van der Waals surface area contributed by atoms with E-state index in [0.717, 1.165) is 0 Å². The smallest absolute Gasteiger partial charge is 0.00408 e. The standard InChI is InChI=1S/C18H24/c1-12(2)15(14-10-8-9-13(3)11-14)16-17(4,5)18(16,6)7/h8-11H,1H2,2-7H3. The van der Waals surface area contributed by atoms with Gasteiger partial charge in [0.05, 0.1) is 0 Å². The zero-order valence-corrected chi connectivity index (χ0v) is 12.5. The van der Waals surface area contributed by atoms with Crippen LogP contribution < -0.4 is 0 Å². The Hall–Kier alpha value is -1.30. The van der Waals surface area contributed by atoms with Crippen LogP contribution in [0.5, 0.6) is 0 Å². The first-order chi connectivity index (χ1) is 8.19. The quantitative estimate of drug-likeness (QED) is 0.650. The van der Waals surface area contributed by atoms with Crippen LogP contribution in [0.1, 0.15) is 45.7 Å². The van der Waals surface area contributed by atoms with Crippen LogP contribution in [-0.2, 0) is 0 Å². The Kier molecular flexibility index (Phi) is 2.81. The van der Waals surface area contributed by atoms with Gasteiger partial charge in [0.25, 0.3) is 0 Å². The summed E-state index contributed by atoms with van der Waals surface area (Å²) >= 11 is 0. The molecule has 1 aliphatic carbocycles. The number of benzene rings is 1. The fourth-order valence-corrected chi connectivity index (χ4v) is 3.06. The molecule has 1 aliphatic rings. The first-order valence-electron chi connectivity index (χ1n) is 6.67. The van der Waals surface area contributed by atoms with Gasteiger partial charge >= 0.3 is 0 Å². The van der Waals surface area contributed by atoms with Crippen LogP contribution >= 0.6 is 0 Å². The Morgan fingerprint density at radius 2 is 1.61 bits per heavy atom. The van der Waals surface area contributed by atoms with E-state index in [1.54, 1.807) is 5.57 Å². The van der Waals surface area contributed by atoms with Crippen molar-refractivity contribution in [3.05, 3.63) is 53.1 Å². The van der Waals surface area contributed by atoms with Crippen LogP contribution in [0.4, 0.5) is 0 Å². The molecule has 1 aromatic carbocycles. The van der Waals surface area contributed by atoms with E-state index in [-0.39, 0.29) is 10.8 Å². The van der Waals surface area contributed by atoms with E-state index in [1.165, 1.54) is 22.3 Å². The van der Waals surface area contributed by atoms with Gasteiger partial charge in [-0.25, -0.2) is 0 Å². The van der Waals surface area contributed by atoms with E-state index < -0.39 is 0 Å². The average molecular weight is 240 g/mol. The lowest BCUT2D eigenvalue weighted by Gasteiger charge is -2.10. The van der Waals surface area contributed by atoms with Gasteiger partial charge in [-0.05, 0) is 41.4 Å². The van der Waals surface area contributed by atoms with E-state index in [2.05, 4.69) is 72.4 Å². The lowest BCUT2D eigenvalue weighted by atomic mass is 9.95. The Morgan fingerprint density at radius 3 is 2.00 bits per heavy atom. The van der Waals surface area contributed by atoms with Crippen molar-refractivity contribution >= 4 is 5.57 Å². The molecule has 0 spiro atoms. The first kappa shape index (κ1) is 13.1. The summed E-state index contributed by atoms with van der Waals surface area (Å²) in [5.41, 5.74) is 7.28. The van der Waals surface area contributed by atoms with Crippen LogP contribution in [0.15, 0.2) is 42.0 Å². The zero-order valence-electron chi connectivity index (χ0n) is 12.5. The molecule has 0 aromatic heterocycles. The third kappa shape index (κ3) is 1.75. The maximum absolute atomic E-state index is 4.20. The van der Waals surface area contributed by atoms with Crippen molar-refractivity contribution in [2.75, 3.05) is 0 Å². The van der Waals surface area contributed by atoms with Crippen molar-refractivity contribution in [2.45, 2.75) is 41.5 Å². The fraction of sp³-hybridized carbons (Fsp3) is 0.444. The highest BCUT2D eigenvalue weighted by Gasteiger charge is 2.61. The molecule has 0 unspecified atom stereocenters. The molecule has 18 heavy (non-hydrogen) atoms. The Bertz CT molecular complexity index is 523. The molecule has 0 saturated heterocycles. The third-order valence-corrected chi connectivity index (χ3v) is 4.73. The Balaban J connectivity index is 2.64. The zero-order chi connectivity index (χ0) is 13.7. The molecular formula is C18H24. The number of hydrogen-bond donors (Lipinski definition) is 0. The highest BCUT2D eigenvalue weighted by Crippen LogP contribution is 2.70. The highest BCUT2D eigenvalue weighted by atomic mass is 14.6. The molecule has 0 atom stereocenters. The molecule has 0 amide bonds. The van der Waals surface area contributed by atoms with Crippen molar-refractivity contribution in [2.24, 2.45) is 10.8 Å². The van der Waals surface area contributed by atoms with Gasteiger partial charge in [-0.2, -0.15) is 0 Å². The summed E-state index contributed by atoms with van der Waals surface area (Å²) < 4.78 is 0. The lowest BCUT2D eigenvalue weighted by Crippen LogP contribution is -1.95. The molecule has 0 heteroatoms. The fourth-order valence-electron chi connectivity index (χ4n) is 3.06.